The molecule has 0 aromatic heterocycles. The SMILES string of the molecule is CCOC(=O)C1CC2CC1C1C(CC)CC(CC)C21. The molecule has 0 radical (unpaired) electrons. The summed E-state index contributed by atoms with van der Waals surface area (Å²) in [6, 6.07) is 0. The van der Waals surface area contributed by atoms with Gasteiger partial charge in [0.15, 0.2) is 0 Å². The average Bonchev–Trinajstić information content (AvgIpc) is 3.08. The van der Waals surface area contributed by atoms with Crippen LogP contribution in [0.1, 0.15) is 52.9 Å². The Kier molecular flexibility index (Phi) is 3.61. The van der Waals surface area contributed by atoms with Crippen LogP contribution in [-0.2, 0) is 9.53 Å². The number of hydrogen-bond acceptors (Lipinski definition) is 2. The van der Waals surface area contributed by atoms with Crippen molar-refractivity contribution in [2.24, 2.45) is 41.4 Å². The molecule has 0 spiro atoms. The van der Waals surface area contributed by atoms with Crippen molar-refractivity contribution in [3.63, 3.8) is 0 Å². The largest absolute Gasteiger partial charge is 0.466 e. The Hall–Kier alpha value is -0.530. The summed E-state index contributed by atoms with van der Waals surface area (Å²) in [6.45, 7) is 7.15. The van der Waals surface area contributed by atoms with Crippen molar-refractivity contribution in [3.05, 3.63) is 0 Å². The molecule has 108 valence electrons. The zero-order valence-electron chi connectivity index (χ0n) is 12.6. The molecule has 2 heteroatoms. The van der Waals surface area contributed by atoms with E-state index in [-0.39, 0.29) is 11.9 Å². The van der Waals surface area contributed by atoms with Crippen LogP contribution in [0.25, 0.3) is 0 Å². The van der Waals surface area contributed by atoms with Gasteiger partial charge in [0.25, 0.3) is 0 Å². The fourth-order valence-electron chi connectivity index (χ4n) is 5.91. The van der Waals surface area contributed by atoms with Crippen molar-refractivity contribution in [1.82, 2.24) is 0 Å². The van der Waals surface area contributed by atoms with Crippen molar-refractivity contribution in [2.45, 2.75) is 52.9 Å². The first kappa shape index (κ1) is 13.5. The van der Waals surface area contributed by atoms with E-state index in [4.69, 9.17) is 4.74 Å². The summed E-state index contributed by atoms with van der Waals surface area (Å²) in [5.74, 6) is 5.39. The van der Waals surface area contributed by atoms with E-state index in [9.17, 15) is 4.79 Å². The molecule has 2 bridgehead atoms. The van der Waals surface area contributed by atoms with Gasteiger partial charge < -0.3 is 4.74 Å². The molecule has 3 fully saturated rings. The lowest BCUT2D eigenvalue weighted by Gasteiger charge is -2.34. The highest BCUT2D eigenvalue weighted by molar-refractivity contribution is 5.73. The molecule has 19 heavy (non-hydrogen) atoms. The average molecular weight is 264 g/mol. The maximum Gasteiger partial charge on any atom is 0.309 e. The van der Waals surface area contributed by atoms with E-state index >= 15 is 0 Å². The van der Waals surface area contributed by atoms with Crippen molar-refractivity contribution < 1.29 is 9.53 Å². The zero-order valence-corrected chi connectivity index (χ0v) is 12.6. The standard InChI is InChI=1S/C17H28O2/c1-4-10-7-11(5-2)16-13-8-12(15(10)16)9-14(13)17(18)19-6-3/h10-16H,4-9H2,1-3H3. The normalized spacial score (nSPS) is 47.4. The molecule has 7 unspecified atom stereocenters. The van der Waals surface area contributed by atoms with Gasteiger partial charge in [0.2, 0.25) is 0 Å². The number of rotatable bonds is 4. The minimum Gasteiger partial charge on any atom is -0.466 e. The van der Waals surface area contributed by atoms with Gasteiger partial charge in [-0.25, -0.2) is 0 Å². The Bertz CT molecular complexity index is 351. The molecule has 0 heterocycles. The molecular formula is C17H28O2. The first-order valence-electron chi connectivity index (χ1n) is 8.37. The molecular weight excluding hydrogens is 236 g/mol. The lowest BCUT2D eigenvalue weighted by Crippen LogP contribution is -2.34. The number of carbonyl (C=O) groups is 1. The third-order valence-electron chi connectivity index (χ3n) is 6.46. The van der Waals surface area contributed by atoms with Crippen molar-refractivity contribution in [2.75, 3.05) is 6.61 Å². The summed E-state index contributed by atoms with van der Waals surface area (Å²) in [6.07, 6.45) is 6.50. The minimum atomic E-state index is 0.100. The van der Waals surface area contributed by atoms with Gasteiger partial charge in [-0.05, 0) is 61.7 Å². The second-order valence-electron chi connectivity index (χ2n) is 6.98. The predicted octanol–water partition coefficient (Wildman–Crippen LogP) is 3.89. The monoisotopic (exact) mass is 264 g/mol. The van der Waals surface area contributed by atoms with E-state index in [1.165, 1.54) is 25.7 Å². The molecule has 0 aliphatic heterocycles. The molecule has 0 N–H and O–H groups in total. The number of esters is 1. The van der Waals surface area contributed by atoms with Crippen molar-refractivity contribution >= 4 is 5.97 Å². The van der Waals surface area contributed by atoms with Crippen molar-refractivity contribution in [3.8, 4) is 0 Å². The Labute approximate surface area is 117 Å². The van der Waals surface area contributed by atoms with Crippen LogP contribution in [0, 0.1) is 41.4 Å². The van der Waals surface area contributed by atoms with E-state index < -0.39 is 0 Å². The van der Waals surface area contributed by atoms with E-state index in [0.29, 0.717) is 12.5 Å². The quantitative estimate of drug-likeness (QED) is 0.720. The van der Waals surface area contributed by atoms with Gasteiger partial charge in [0.05, 0.1) is 12.5 Å². The molecule has 7 atom stereocenters. The van der Waals surface area contributed by atoms with E-state index in [2.05, 4.69) is 13.8 Å². The van der Waals surface area contributed by atoms with Gasteiger partial charge in [-0.2, -0.15) is 0 Å². The van der Waals surface area contributed by atoms with Crippen LogP contribution in [0.3, 0.4) is 0 Å². The number of ether oxygens (including phenoxy) is 1. The molecule has 3 saturated carbocycles. The third kappa shape index (κ3) is 1.94. The maximum absolute atomic E-state index is 12.1. The molecule has 0 aromatic rings. The predicted molar refractivity (Wildman–Crippen MR) is 75.5 cm³/mol. The lowest BCUT2D eigenvalue weighted by molar-refractivity contribution is -0.151. The highest BCUT2D eigenvalue weighted by Crippen LogP contribution is 2.65. The highest BCUT2D eigenvalue weighted by Gasteiger charge is 2.61. The van der Waals surface area contributed by atoms with Gasteiger partial charge in [0.1, 0.15) is 0 Å². The van der Waals surface area contributed by atoms with Crippen molar-refractivity contribution in [1.29, 1.82) is 0 Å². The van der Waals surface area contributed by atoms with Crippen LogP contribution >= 0.6 is 0 Å². The van der Waals surface area contributed by atoms with Crippen LogP contribution in [0.4, 0.5) is 0 Å². The summed E-state index contributed by atoms with van der Waals surface area (Å²) >= 11 is 0. The molecule has 0 amide bonds. The smallest absolute Gasteiger partial charge is 0.309 e. The molecule has 2 nitrogen and oxygen atoms in total. The van der Waals surface area contributed by atoms with Crippen LogP contribution < -0.4 is 0 Å². The zero-order chi connectivity index (χ0) is 13.6. The summed E-state index contributed by atoms with van der Waals surface area (Å²) in [4.78, 5) is 12.1. The summed E-state index contributed by atoms with van der Waals surface area (Å²) in [5.41, 5.74) is 0. The topological polar surface area (TPSA) is 26.3 Å². The van der Waals surface area contributed by atoms with Gasteiger partial charge in [0, 0.05) is 0 Å². The summed E-state index contributed by atoms with van der Waals surface area (Å²) in [7, 11) is 0. The maximum atomic E-state index is 12.1. The first-order valence-corrected chi connectivity index (χ1v) is 8.37. The Morgan fingerprint density at radius 1 is 1.00 bits per heavy atom. The van der Waals surface area contributed by atoms with Crippen LogP contribution in [0.5, 0.6) is 0 Å². The summed E-state index contributed by atoms with van der Waals surface area (Å²) < 4.78 is 5.31. The van der Waals surface area contributed by atoms with E-state index in [1.807, 2.05) is 6.92 Å². The lowest BCUT2D eigenvalue weighted by atomic mass is 9.70. The van der Waals surface area contributed by atoms with Gasteiger partial charge >= 0.3 is 5.97 Å². The van der Waals surface area contributed by atoms with Crippen LogP contribution in [0.2, 0.25) is 0 Å². The minimum absolute atomic E-state index is 0.100. The Morgan fingerprint density at radius 2 is 1.68 bits per heavy atom. The molecule has 3 aliphatic rings. The van der Waals surface area contributed by atoms with Gasteiger partial charge in [-0.1, -0.05) is 26.7 Å². The first-order chi connectivity index (χ1) is 9.21. The van der Waals surface area contributed by atoms with Gasteiger partial charge in [-0.3, -0.25) is 4.79 Å². The van der Waals surface area contributed by atoms with E-state index in [0.717, 1.165) is 36.0 Å². The second kappa shape index (κ2) is 5.10. The van der Waals surface area contributed by atoms with Crippen LogP contribution in [0.15, 0.2) is 0 Å². The Balaban J connectivity index is 1.78. The molecule has 3 aliphatic carbocycles. The van der Waals surface area contributed by atoms with E-state index in [1.54, 1.807) is 0 Å². The third-order valence-corrected chi connectivity index (χ3v) is 6.46. The number of fused-ring (bicyclic) bond motifs is 5. The molecule has 3 rings (SSSR count). The number of carbonyl (C=O) groups excluding carboxylic acids is 1. The Morgan fingerprint density at radius 3 is 2.32 bits per heavy atom. The number of hydrogen-bond donors (Lipinski definition) is 0. The highest BCUT2D eigenvalue weighted by atomic mass is 16.5. The molecule has 0 saturated heterocycles. The van der Waals surface area contributed by atoms with Crippen LogP contribution in [-0.4, -0.2) is 12.6 Å². The summed E-state index contributed by atoms with van der Waals surface area (Å²) in [5, 5.41) is 0. The molecule has 0 aromatic carbocycles. The fourth-order valence-corrected chi connectivity index (χ4v) is 5.91. The fraction of sp³-hybridized carbons (Fsp3) is 0.941. The van der Waals surface area contributed by atoms with Gasteiger partial charge in [-0.15, -0.1) is 0 Å². The second-order valence-corrected chi connectivity index (χ2v) is 6.98.